The standard InChI is InChI=1S/C18H35N3O4.C17H25N3O5.C7H8O2.C2H6O.CH4.B.Na.H/c1-17(2,3)24-15(22)13-20-9-7-19-8-10-21(12-11-20)14-16(23)25-18(4,5)6;21-15-3-1-14(2-4-15)11-18-5-7-19(12-16(22)23)9-10-20(8-6-18)13-17(24)25;1-9-7-4-2-6(8)3-5-7;1-2-3;;;;/h19H,7-14H2,1-6H3;1-4,21H,5-13H2,(H,22,23)(H,24,25);2-5,8H,1H3;3H,2H2,1H3;1H4;;;/q;;;;;;+1;-1. The first-order valence-electron chi connectivity index (χ1n) is 21.0. The van der Waals surface area contributed by atoms with Crippen molar-refractivity contribution in [2.75, 3.05) is 118 Å². The first-order chi connectivity index (χ1) is 29.1. The van der Waals surface area contributed by atoms with Crippen molar-refractivity contribution < 1.29 is 89.9 Å². The number of aliphatic hydroxyl groups excluding tert-OH is 1. The number of carboxylic acids is 2. The molecule has 0 atom stereocenters. The molecule has 0 amide bonds. The number of nitrogens with zero attached hydrogens (tertiary/aromatic N) is 5. The van der Waals surface area contributed by atoms with Gasteiger partial charge in [-0.2, -0.15) is 0 Å². The average Bonchev–Trinajstić information content (AvgIpc) is 3.32. The zero-order chi connectivity index (χ0) is 46.7. The van der Waals surface area contributed by atoms with E-state index < -0.39 is 23.1 Å². The van der Waals surface area contributed by atoms with Crippen molar-refractivity contribution in [3.05, 3.63) is 54.1 Å². The van der Waals surface area contributed by atoms with E-state index in [2.05, 4.69) is 20.0 Å². The second-order valence-electron chi connectivity index (χ2n) is 16.8. The number of rotatable bonds is 11. The second kappa shape index (κ2) is 35.7. The molecule has 2 saturated heterocycles. The number of methoxy groups -OCH3 is 1. The molecule has 0 aliphatic carbocycles. The predicted molar refractivity (Wildman–Crippen MR) is 250 cm³/mol. The van der Waals surface area contributed by atoms with Crippen LogP contribution in [0.25, 0.3) is 0 Å². The Bertz CT molecular complexity index is 1520. The van der Waals surface area contributed by atoms with Crippen LogP contribution in [0.5, 0.6) is 17.2 Å². The second-order valence-corrected chi connectivity index (χ2v) is 16.8. The Hall–Kier alpha value is -3.50. The first kappa shape index (κ1) is 65.8. The minimum Gasteiger partial charge on any atom is -1.00 e. The third kappa shape index (κ3) is 35.4. The summed E-state index contributed by atoms with van der Waals surface area (Å²) in [6.45, 7) is 22.5. The van der Waals surface area contributed by atoms with Gasteiger partial charge in [-0.1, -0.05) is 19.6 Å². The van der Waals surface area contributed by atoms with Crippen molar-refractivity contribution in [1.82, 2.24) is 29.8 Å². The van der Waals surface area contributed by atoms with E-state index in [1.54, 1.807) is 50.4 Å². The molecule has 2 aromatic rings. The van der Waals surface area contributed by atoms with Crippen LogP contribution in [0.15, 0.2) is 48.5 Å². The van der Waals surface area contributed by atoms with Gasteiger partial charge in [0.15, 0.2) is 0 Å². The number of aliphatic hydroxyl groups is 1. The monoisotopic (exact) mass is 930 g/mol. The van der Waals surface area contributed by atoms with Gasteiger partial charge in [0.25, 0.3) is 0 Å². The van der Waals surface area contributed by atoms with Crippen molar-refractivity contribution in [3.8, 4) is 17.2 Å². The fourth-order valence-corrected chi connectivity index (χ4v) is 6.02. The molecule has 6 N–H and O–H groups in total. The van der Waals surface area contributed by atoms with Crippen LogP contribution in [-0.2, 0) is 35.2 Å². The van der Waals surface area contributed by atoms with E-state index in [4.69, 9.17) is 34.6 Å². The first-order valence-corrected chi connectivity index (χ1v) is 21.0. The number of phenolic OH excluding ortho intramolecular Hbond substituents is 2. The van der Waals surface area contributed by atoms with Gasteiger partial charge in [-0.3, -0.25) is 43.7 Å². The minimum atomic E-state index is -0.880. The molecular weight excluding hydrogens is 850 g/mol. The molecule has 0 spiro atoms. The number of carbonyl (C=O) groups is 4. The van der Waals surface area contributed by atoms with Gasteiger partial charge in [0.2, 0.25) is 0 Å². The van der Waals surface area contributed by atoms with Gasteiger partial charge in [0.05, 0.1) is 33.3 Å². The molecule has 0 bridgehead atoms. The molecule has 0 saturated carbocycles. The van der Waals surface area contributed by atoms with E-state index in [1.807, 2.05) is 63.5 Å². The summed E-state index contributed by atoms with van der Waals surface area (Å²) in [5, 5.41) is 47.2. The van der Waals surface area contributed by atoms with Crippen molar-refractivity contribution >= 4 is 32.3 Å². The summed E-state index contributed by atoms with van der Waals surface area (Å²) in [7, 11) is 1.59. The van der Waals surface area contributed by atoms with E-state index in [0.29, 0.717) is 58.9 Å². The zero-order valence-corrected chi connectivity index (χ0v) is 41.8. The molecule has 365 valence electrons. The molecule has 0 unspecified atom stereocenters. The molecule has 2 aliphatic heterocycles. The molecule has 4 rings (SSSR count). The number of hydrogen-bond acceptors (Lipinski definition) is 16. The van der Waals surface area contributed by atoms with Crippen molar-refractivity contribution in [1.29, 1.82) is 0 Å². The Balaban J connectivity index is -0.000000444. The maximum Gasteiger partial charge on any atom is 1.00 e. The van der Waals surface area contributed by atoms with Crippen molar-refractivity contribution in [3.63, 3.8) is 0 Å². The molecule has 2 fully saturated rings. The molecule has 2 heterocycles. The number of phenols is 2. The van der Waals surface area contributed by atoms with Crippen LogP contribution >= 0.6 is 0 Å². The van der Waals surface area contributed by atoms with E-state index >= 15 is 0 Å². The number of aromatic hydroxyl groups is 2. The van der Waals surface area contributed by atoms with Gasteiger partial charge in [0.1, 0.15) is 28.5 Å². The number of hydrogen-bond donors (Lipinski definition) is 6. The third-order valence-corrected chi connectivity index (χ3v) is 8.82. The van der Waals surface area contributed by atoms with Gasteiger partial charge in [-0.25, -0.2) is 0 Å². The number of aliphatic carboxylic acids is 2. The minimum absolute atomic E-state index is 0. The maximum atomic E-state index is 12.1. The largest absolute Gasteiger partial charge is 1.00 e. The summed E-state index contributed by atoms with van der Waals surface area (Å²) in [5.74, 6) is -0.962. The van der Waals surface area contributed by atoms with Crippen LogP contribution in [0, 0.1) is 0 Å². The fraction of sp³-hybridized carbons (Fsp3) is 0.644. The molecule has 0 aromatic heterocycles. The van der Waals surface area contributed by atoms with Crippen LogP contribution in [0.2, 0.25) is 0 Å². The fourth-order valence-electron chi connectivity index (χ4n) is 6.02. The van der Waals surface area contributed by atoms with Crippen molar-refractivity contribution in [2.45, 2.75) is 73.6 Å². The van der Waals surface area contributed by atoms with Crippen LogP contribution in [0.3, 0.4) is 0 Å². The molecule has 2 aliphatic rings. The van der Waals surface area contributed by atoms with E-state index in [-0.39, 0.29) is 103 Å². The Labute approximate surface area is 413 Å². The third-order valence-electron chi connectivity index (χ3n) is 8.82. The summed E-state index contributed by atoms with van der Waals surface area (Å²) < 4.78 is 15.7. The number of nitrogens with one attached hydrogen (secondary N) is 1. The Morgan fingerprint density at radius 1 is 0.600 bits per heavy atom. The topological polar surface area (TPSA) is 225 Å². The molecule has 2 aromatic carbocycles. The van der Waals surface area contributed by atoms with Crippen LogP contribution in [0.4, 0.5) is 0 Å². The van der Waals surface area contributed by atoms with E-state index in [9.17, 15) is 24.3 Å². The Morgan fingerprint density at radius 2 is 0.908 bits per heavy atom. The summed E-state index contributed by atoms with van der Waals surface area (Å²) in [6, 6.07) is 13.6. The molecule has 65 heavy (non-hydrogen) atoms. The van der Waals surface area contributed by atoms with Crippen LogP contribution < -0.4 is 39.6 Å². The predicted octanol–water partition coefficient (Wildman–Crippen LogP) is -0.371. The molecular formula is C45H79BN6NaO12. The van der Waals surface area contributed by atoms with Gasteiger partial charge >= 0.3 is 53.4 Å². The van der Waals surface area contributed by atoms with E-state index in [0.717, 1.165) is 37.5 Å². The number of carbonyl (C=O) groups excluding carboxylic acids is 2. The zero-order valence-electron chi connectivity index (χ0n) is 40.8. The normalized spacial score (nSPS) is 15.8. The summed E-state index contributed by atoms with van der Waals surface area (Å²) >= 11 is 0. The SMILES string of the molecule is C.CC(C)(C)OC(=O)CN1CCNCCN(CC(=O)OC(C)(C)C)CC1.CCO.COc1ccc(O)cc1.O=C(O)CN1CCN(CC(=O)O)CCN(Cc2ccc(O)cc2)CC1.[B].[H-].[Na+]. The molecule has 20 heteroatoms. The van der Waals surface area contributed by atoms with Gasteiger partial charge in [0, 0.05) is 100 Å². The van der Waals surface area contributed by atoms with Gasteiger partial charge in [-0.05, 0) is 90.4 Å². The van der Waals surface area contributed by atoms with Crippen molar-refractivity contribution in [2.24, 2.45) is 0 Å². The quantitative estimate of drug-likeness (QED) is 0.125. The smallest absolute Gasteiger partial charge is 1.00 e. The average molecular weight is 930 g/mol. The molecule has 3 radical (unpaired) electrons. The summed E-state index contributed by atoms with van der Waals surface area (Å²) in [6.07, 6.45) is 0. The van der Waals surface area contributed by atoms with Gasteiger partial charge in [-0.15, -0.1) is 0 Å². The van der Waals surface area contributed by atoms with Crippen LogP contribution in [0.1, 0.15) is 62.9 Å². The van der Waals surface area contributed by atoms with E-state index in [1.165, 1.54) is 0 Å². The number of benzene rings is 2. The summed E-state index contributed by atoms with van der Waals surface area (Å²) in [5.41, 5.74) is 0.0988. The number of ether oxygens (including phenoxy) is 3. The Morgan fingerprint density at radius 3 is 1.22 bits per heavy atom. The number of carboxylic acid groups (broad SMARTS) is 2. The Kier molecular flexibility index (Phi) is 36.1. The van der Waals surface area contributed by atoms with Gasteiger partial charge < -0.3 is 46.5 Å². The maximum absolute atomic E-state index is 12.1. The molecule has 18 nitrogen and oxygen atoms in total. The van der Waals surface area contributed by atoms with Crippen LogP contribution in [-0.4, -0.2) is 212 Å². The number of esters is 2. The summed E-state index contributed by atoms with van der Waals surface area (Å²) in [4.78, 5) is 56.2.